The summed E-state index contributed by atoms with van der Waals surface area (Å²) < 4.78 is 16.6. The summed E-state index contributed by atoms with van der Waals surface area (Å²) >= 11 is 6.06. The van der Waals surface area contributed by atoms with Gasteiger partial charge < -0.3 is 24.6 Å². The van der Waals surface area contributed by atoms with E-state index in [1.165, 1.54) is 0 Å². The molecule has 0 heterocycles. The number of halogens is 1. The topological polar surface area (TPSA) is 106 Å². The fourth-order valence-corrected chi connectivity index (χ4v) is 3.43. The highest BCUT2D eigenvalue weighted by Crippen LogP contribution is 2.20. The molecule has 1 atom stereocenters. The highest BCUT2D eigenvalue weighted by atomic mass is 35.5. The Hall–Kier alpha value is -3.88. The number of rotatable bonds is 14. The Morgan fingerprint density at radius 3 is 2.14 bits per heavy atom. The lowest BCUT2D eigenvalue weighted by Crippen LogP contribution is -2.26. The van der Waals surface area contributed by atoms with Crippen LogP contribution < -0.4 is 14.8 Å². The van der Waals surface area contributed by atoms with E-state index >= 15 is 0 Å². The minimum atomic E-state index is -1.05. The first kappa shape index (κ1) is 26.7. The van der Waals surface area contributed by atoms with Gasteiger partial charge in [-0.2, -0.15) is 0 Å². The van der Waals surface area contributed by atoms with Crippen LogP contribution in [0.1, 0.15) is 22.3 Å². The average Bonchev–Trinajstić information content (AvgIpc) is 2.88. The van der Waals surface area contributed by atoms with E-state index in [1.54, 1.807) is 72.8 Å². The predicted octanol–water partition coefficient (Wildman–Crippen LogP) is 5.11. The van der Waals surface area contributed by atoms with Gasteiger partial charge in [0.2, 0.25) is 0 Å². The summed E-state index contributed by atoms with van der Waals surface area (Å²) in [6.45, 7) is 4.13. The number of nitrogens with zero attached hydrogens (tertiary/aromatic N) is 1. The van der Waals surface area contributed by atoms with E-state index in [0.717, 1.165) is 5.56 Å². The van der Waals surface area contributed by atoms with Crippen LogP contribution in [0.3, 0.4) is 0 Å². The van der Waals surface area contributed by atoms with Crippen molar-refractivity contribution in [3.63, 3.8) is 0 Å². The molecule has 0 aliphatic carbocycles. The lowest BCUT2D eigenvalue weighted by molar-refractivity contribution is -0.150. The number of anilines is 1. The van der Waals surface area contributed by atoms with Crippen molar-refractivity contribution in [1.82, 2.24) is 0 Å². The summed E-state index contributed by atoms with van der Waals surface area (Å²) in [7, 11) is 0. The van der Waals surface area contributed by atoms with E-state index in [0.29, 0.717) is 47.4 Å². The number of hydrogen-bond donors (Lipinski definition) is 2. The van der Waals surface area contributed by atoms with E-state index in [9.17, 15) is 14.7 Å². The second-order valence-corrected chi connectivity index (χ2v) is 8.11. The van der Waals surface area contributed by atoms with Crippen LogP contribution in [0.15, 0.2) is 77.8 Å². The highest BCUT2D eigenvalue weighted by Gasteiger charge is 2.18. The molecule has 0 radical (unpaired) electrons. The number of nitrogens with one attached hydrogen (secondary N) is 1. The molecule has 0 aliphatic heterocycles. The summed E-state index contributed by atoms with van der Waals surface area (Å²) in [4.78, 5) is 27.1. The minimum Gasteiger partial charge on any atom is -0.493 e. The van der Waals surface area contributed by atoms with E-state index in [2.05, 4.69) is 17.0 Å². The number of benzene rings is 3. The van der Waals surface area contributed by atoms with E-state index in [4.69, 9.17) is 25.8 Å². The second kappa shape index (κ2) is 13.9. The Labute approximate surface area is 214 Å². The van der Waals surface area contributed by atoms with Gasteiger partial charge in [0.25, 0.3) is 5.91 Å². The Bertz CT molecular complexity index is 1150. The summed E-state index contributed by atoms with van der Waals surface area (Å²) in [5, 5.41) is 12.4. The maximum Gasteiger partial charge on any atom is 0.333 e. The van der Waals surface area contributed by atoms with E-state index in [1.807, 2.05) is 0 Å². The monoisotopic (exact) mass is 510 g/mol. The fourth-order valence-electron chi connectivity index (χ4n) is 3.21. The van der Waals surface area contributed by atoms with Crippen LogP contribution in [0.4, 0.5) is 5.69 Å². The van der Waals surface area contributed by atoms with Crippen LogP contribution in [-0.4, -0.2) is 49.7 Å². The molecule has 0 spiro atoms. The number of hydrogen-bond acceptors (Lipinski definition) is 6. The molecule has 0 fully saturated rings. The van der Waals surface area contributed by atoms with Gasteiger partial charge in [-0.3, -0.25) is 9.79 Å². The van der Waals surface area contributed by atoms with Crippen molar-refractivity contribution < 1.29 is 28.9 Å². The normalized spacial score (nSPS) is 11.4. The van der Waals surface area contributed by atoms with Gasteiger partial charge in [-0.15, -0.1) is 0 Å². The Kier molecular flexibility index (Phi) is 10.3. The standard InChI is InChI=1S/C27H27ClN2O6/c1-29-18-36-25(27(32)33)17-19-7-11-21(12-8-19)34-15-4-16-35-22-13-9-20(10-14-22)30-26(31)23-5-2-3-6-24(23)28/h2-3,5-14,25H,1,4,15-18H2,(H,30,31)(H,32,33)/t25-/m0/s1. The molecule has 1 amide bonds. The van der Waals surface area contributed by atoms with E-state index < -0.39 is 12.1 Å². The predicted molar refractivity (Wildman–Crippen MR) is 139 cm³/mol. The molecule has 0 aliphatic rings. The van der Waals surface area contributed by atoms with Crippen LogP contribution in [0, 0.1) is 0 Å². The molecule has 188 valence electrons. The maximum atomic E-state index is 12.3. The molecule has 0 unspecified atom stereocenters. The number of ether oxygens (including phenoxy) is 3. The van der Waals surface area contributed by atoms with Crippen LogP contribution in [0.25, 0.3) is 0 Å². The first-order valence-corrected chi connectivity index (χ1v) is 11.6. The first-order valence-electron chi connectivity index (χ1n) is 11.2. The number of aliphatic imine (C=N–C) groups is 1. The van der Waals surface area contributed by atoms with Gasteiger partial charge in [-0.25, -0.2) is 4.79 Å². The van der Waals surface area contributed by atoms with Gasteiger partial charge in [0.05, 0.1) is 23.8 Å². The largest absolute Gasteiger partial charge is 0.493 e. The minimum absolute atomic E-state index is 0.0650. The number of carboxylic acids is 1. The second-order valence-electron chi connectivity index (χ2n) is 7.70. The quantitative estimate of drug-likeness (QED) is 0.230. The third kappa shape index (κ3) is 8.41. The van der Waals surface area contributed by atoms with Crippen molar-refractivity contribution in [3.05, 3.63) is 88.9 Å². The van der Waals surface area contributed by atoms with Gasteiger partial charge in [0.1, 0.15) is 18.2 Å². The lowest BCUT2D eigenvalue weighted by atomic mass is 10.1. The van der Waals surface area contributed by atoms with Crippen LogP contribution >= 0.6 is 11.6 Å². The third-order valence-corrected chi connectivity index (χ3v) is 5.37. The molecule has 8 nitrogen and oxygen atoms in total. The van der Waals surface area contributed by atoms with Crippen LogP contribution in [-0.2, 0) is 16.0 Å². The molecule has 0 aromatic heterocycles. The number of carbonyl (C=O) groups is 2. The lowest BCUT2D eigenvalue weighted by Gasteiger charge is -2.13. The van der Waals surface area contributed by atoms with E-state index in [-0.39, 0.29) is 19.1 Å². The molecule has 3 aromatic rings. The van der Waals surface area contributed by atoms with Gasteiger partial charge in [-0.1, -0.05) is 35.9 Å². The third-order valence-electron chi connectivity index (χ3n) is 5.04. The van der Waals surface area contributed by atoms with Crippen LogP contribution in [0.5, 0.6) is 11.5 Å². The van der Waals surface area contributed by atoms with Crippen molar-refractivity contribution in [1.29, 1.82) is 0 Å². The van der Waals surface area contributed by atoms with Gasteiger partial charge in [0, 0.05) is 18.5 Å². The molecule has 0 saturated heterocycles. The summed E-state index contributed by atoms with van der Waals surface area (Å²) in [6.07, 6.45) is -0.0929. The number of carboxylic acid groups (broad SMARTS) is 1. The van der Waals surface area contributed by atoms with Crippen molar-refractivity contribution in [2.75, 3.05) is 25.3 Å². The van der Waals surface area contributed by atoms with Gasteiger partial charge in [-0.05, 0) is 60.8 Å². The summed E-state index contributed by atoms with van der Waals surface area (Å²) in [5.41, 5.74) is 1.86. The average molecular weight is 511 g/mol. The van der Waals surface area contributed by atoms with Crippen LogP contribution in [0.2, 0.25) is 5.02 Å². The van der Waals surface area contributed by atoms with Crippen molar-refractivity contribution >= 4 is 35.9 Å². The molecular formula is C27H27ClN2O6. The Balaban J connectivity index is 1.37. The Morgan fingerprint density at radius 1 is 0.944 bits per heavy atom. The maximum absolute atomic E-state index is 12.3. The summed E-state index contributed by atoms with van der Waals surface area (Å²) in [5.74, 6) is 0.0322. The summed E-state index contributed by atoms with van der Waals surface area (Å²) in [6, 6.07) is 21.1. The molecule has 36 heavy (non-hydrogen) atoms. The zero-order valence-electron chi connectivity index (χ0n) is 19.6. The SMILES string of the molecule is C=NCO[C@@H](Cc1ccc(OCCCOc2ccc(NC(=O)c3ccccc3Cl)cc2)cc1)C(=O)O. The molecular weight excluding hydrogens is 484 g/mol. The molecule has 0 saturated carbocycles. The fraction of sp³-hybridized carbons (Fsp3) is 0.222. The van der Waals surface area contributed by atoms with Gasteiger partial charge in [0.15, 0.2) is 6.10 Å². The number of aliphatic carboxylic acids is 1. The molecule has 2 N–H and O–H groups in total. The van der Waals surface area contributed by atoms with Crippen molar-refractivity contribution in [2.24, 2.45) is 4.99 Å². The smallest absolute Gasteiger partial charge is 0.333 e. The molecule has 3 aromatic carbocycles. The van der Waals surface area contributed by atoms with Crippen molar-refractivity contribution in [2.45, 2.75) is 18.9 Å². The number of amides is 1. The molecule has 9 heteroatoms. The highest BCUT2D eigenvalue weighted by molar-refractivity contribution is 6.34. The van der Waals surface area contributed by atoms with Crippen molar-refractivity contribution in [3.8, 4) is 11.5 Å². The molecule has 3 rings (SSSR count). The zero-order valence-corrected chi connectivity index (χ0v) is 20.3. The molecule has 0 bridgehead atoms. The number of carbonyl (C=O) groups excluding carboxylic acids is 1. The Morgan fingerprint density at radius 2 is 1.56 bits per heavy atom. The zero-order chi connectivity index (χ0) is 25.8. The van der Waals surface area contributed by atoms with Gasteiger partial charge >= 0.3 is 5.97 Å². The first-order chi connectivity index (χ1) is 17.5.